The van der Waals surface area contributed by atoms with Gasteiger partial charge in [-0.1, -0.05) is 23.9 Å². The predicted octanol–water partition coefficient (Wildman–Crippen LogP) is 6.74. The molecule has 0 spiro atoms. The highest BCUT2D eigenvalue weighted by Gasteiger charge is 2.32. The second-order valence-corrected chi connectivity index (χ2v) is 11.1. The molecule has 0 saturated carbocycles. The van der Waals surface area contributed by atoms with Crippen LogP contribution in [0.3, 0.4) is 0 Å². The monoisotopic (exact) mass is 469 g/mol. The minimum Gasteiger partial charge on any atom is -0.463 e. The molecule has 5 nitrogen and oxygen atoms in total. The Kier molecular flexibility index (Phi) is 5.37. The van der Waals surface area contributed by atoms with Crippen molar-refractivity contribution in [3.8, 4) is 11.5 Å². The third kappa shape index (κ3) is 3.80. The second-order valence-electron chi connectivity index (χ2n) is 8.34. The van der Waals surface area contributed by atoms with Crippen molar-refractivity contribution in [2.45, 2.75) is 49.6 Å². The number of ether oxygens (including phenoxy) is 1. The van der Waals surface area contributed by atoms with Crippen molar-refractivity contribution < 1.29 is 9.15 Å². The molecule has 4 aromatic heterocycles. The fourth-order valence-electron chi connectivity index (χ4n) is 3.83. The second kappa shape index (κ2) is 7.92. The van der Waals surface area contributed by atoms with Crippen LogP contribution in [0.5, 0.6) is 0 Å². The van der Waals surface area contributed by atoms with Gasteiger partial charge >= 0.3 is 0 Å². The van der Waals surface area contributed by atoms with Crippen molar-refractivity contribution in [3.63, 3.8) is 0 Å². The van der Waals surface area contributed by atoms with Gasteiger partial charge in [0.15, 0.2) is 10.9 Å². The number of rotatable bonds is 5. The fraction of sp³-hybridized carbons (Fsp3) is 0.348. The first-order valence-corrected chi connectivity index (χ1v) is 13.0. The molecule has 0 N–H and O–H groups in total. The van der Waals surface area contributed by atoms with Crippen LogP contribution in [0.4, 0.5) is 0 Å². The van der Waals surface area contributed by atoms with Crippen LogP contribution in [0, 0.1) is 0 Å². The zero-order valence-corrected chi connectivity index (χ0v) is 20.4. The van der Waals surface area contributed by atoms with Crippen LogP contribution in [0.1, 0.15) is 31.9 Å². The summed E-state index contributed by atoms with van der Waals surface area (Å²) in [5.74, 6) is 1.60. The summed E-state index contributed by atoms with van der Waals surface area (Å²) in [6, 6.07) is 3.86. The third-order valence-electron chi connectivity index (χ3n) is 5.23. The molecule has 8 heteroatoms. The van der Waals surface area contributed by atoms with E-state index in [0.29, 0.717) is 6.61 Å². The highest BCUT2D eigenvalue weighted by Crippen LogP contribution is 2.45. The summed E-state index contributed by atoms with van der Waals surface area (Å²) in [6.07, 6.45) is 4.51. The summed E-state index contributed by atoms with van der Waals surface area (Å²) in [5, 5.41) is 2.92. The van der Waals surface area contributed by atoms with Gasteiger partial charge in [-0.3, -0.25) is 0 Å². The van der Waals surface area contributed by atoms with Gasteiger partial charge in [0.05, 0.1) is 28.7 Å². The fourth-order valence-corrected chi connectivity index (χ4v) is 6.34. The standard InChI is InChI=1S/C23H23N3O2S3/c1-12(2)11-30-21-19-18(25-22(26-21)29-5)16-13-9-23(3,4)28-10-14(13)17(24-20(16)31-19)15-7-6-8-27-15/h6-8H,1,9-11H2,2-5H3. The Labute approximate surface area is 193 Å². The molecule has 1 aliphatic heterocycles. The molecular formula is C23H23N3O2S3. The highest BCUT2D eigenvalue weighted by molar-refractivity contribution is 8.00. The molecule has 5 rings (SSSR count). The largest absolute Gasteiger partial charge is 0.463 e. The summed E-state index contributed by atoms with van der Waals surface area (Å²) in [4.78, 5) is 15.8. The first kappa shape index (κ1) is 21.0. The van der Waals surface area contributed by atoms with Crippen molar-refractivity contribution in [3.05, 3.63) is 41.7 Å². The number of thiophene rings is 1. The van der Waals surface area contributed by atoms with Crippen LogP contribution < -0.4 is 0 Å². The minimum atomic E-state index is -0.247. The van der Waals surface area contributed by atoms with E-state index in [9.17, 15) is 0 Å². The Morgan fingerprint density at radius 3 is 2.81 bits per heavy atom. The van der Waals surface area contributed by atoms with Crippen molar-refractivity contribution in [1.29, 1.82) is 0 Å². The van der Waals surface area contributed by atoms with Crippen molar-refractivity contribution in [1.82, 2.24) is 15.0 Å². The first-order chi connectivity index (χ1) is 14.9. The molecule has 0 saturated heterocycles. The molecule has 0 bridgehead atoms. The van der Waals surface area contributed by atoms with Crippen LogP contribution in [-0.2, 0) is 17.8 Å². The normalized spacial score (nSPS) is 15.5. The maximum Gasteiger partial charge on any atom is 0.189 e. The number of fused-ring (bicyclic) bond motifs is 5. The van der Waals surface area contributed by atoms with Crippen LogP contribution in [-0.4, -0.2) is 32.6 Å². The topological polar surface area (TPSA) is 61.0 Å². The number of hydrogen-bond acceptors (Lipinski definition) is 8. The Hall–Kier alpha value is -1.87. The molecule has 160 valence electrons. The van der Waals surface area contributed by atoms with E-state index in [0.717, 1.165) is 65.4 Å². The van der Waals surface area contributed by atoms with Crippen molar-refractivity contribution in [2.24, 2.45) is 0 Å². The average molecular weight is 470 g/mol. The van der Waals surface area contributed by atoms with Crippen molar-refractivity contribution in [2.75, 3.05) is 12.0 Å². The Bertz CT molecular complexity index is 1310. The van der Waals surface area contributed by atoms with Gasteiger partial charge in [0.2, 0.25) is 0 Å². The number of hydrogen-bond donors (Lipinski definition) is 0. The van der Waals surface area contributed by atoms with Gasteiger partial charge in [-0.05, 0) is 44.7 Å². The maximum atomic E-state index is 6.17. The van der Waals surface area contributed by atoms with Gasteiger partial charge in [-0.15, -0.1) is 23.1 Å². The maximum absolute atomic E-state index is 6.17. The van der Waals surface area contributed by atoms with E-state index < -0.39 is 0 Å². The van der Waals surface area contributed by atoms with Gasteiger partial charge in [-0.25, -0.2) is 15.0 Å². The molecular weight excluding hydrogens is 446 g/mol. The summed E-state index contributed by atoms with van der Waals surface area (Å²) < 4.78 is 13.0. The van der Waals surface area contributed by atoms with E-state index in [2.05, 4.69) is 20.4 Å². The number of nitrogens with zero attached hydrogens (tertiary/aromatic N) is 3. The Morgan fingerprint density at radius 2 is 2.10 bits per heavy atom. The lowest BCUT2D eigenvalue weighted by Gasteiger charge is -2.32. The lowest BCUT2D eigenvalue weighted by molar-refractivity contribution is -0.0395. The van der Waals surface area contributed by atoms with E-state index in [-0.39, 0.29) is 5.60 Å². The minimum absolute atomic E-state index is 0.247. The lowest BCUT2D eigenvalue weighted by Crippen LogP contribution is -2.32. The van der Waals surface area contributed by atoms with Gasteiger partial charge in [0.25, 0.3) is 0 Å². The number of furan rings is 1. The molecule has 0 fully saturated rings. The Balaban J connectivity index is 1.84. The van der Waals surface area contributed by atoms with E-state index in [4.69, 9.17) is 24.1 Å². The molecule has 0 aliphatic carbocycles. The molecule has 0 atom stereocenters. The molecule has 5 heterocycles. The molecule has 0 unspecified atom stereocenters. The molecule has 4 aromatic rings. The van der Waals surface area contributed by atoms with Gasteiger partial charge < -0.3 is 9.15 Å². The molecule has 1 aliphatic rings. The zero-order valence-electron chi connectivity index (χ0n) is 17.9. The van der Waals surface area contributed by atoms with Gasteiger partial charge in [0.1, 0.15) is 15.6 Å². The average Bonchev–Trinajstić information content (AvgIpc) is 3.38. The third-order valence-corrected chi connectivity index (χ3v) is 8.19. The number of thioether (sulfide) groups is 2. The van der Waals surface area contributed by atoms with E-state index in [1.54, 1.807) is 41.1 Å². The van der Waals surface area contributed by atoms with Gasteiger partial charge in [0, 0.05) is 23.1 Å². The van der Waals surface area contributed by atoms with Crippen LogP contribution >= 0.6 is 34.9 Å². The molecule has 0 amide bonds. The SMILES string of the molecule is C=C(C)CSc1nc(SC)nc2c1sc1nc(-c3ccco3)c3c(c12)CC(C)(C)OC3. The number of pyridine rings is 1. The van der Waals surface area contributed by atoms with Crippen molar-refractivity contribution >= 4 is 55.3 Å². The van der Waals surface area contributed by atoms with Gasteiger partial charge in [-0.2, -0.15) is 0 Å². The van der Waals surface area contributed by atoms with E-state index in [1.165, 1.54) is 5.56 Å². The highest BCUT2D eigenvalue weighted by atomic mass is 32.2. The van der Waals surface area contributed by atoms with E-state index >= 15 is 0 Å². The van der Waals surface area contributed by atoms with E-state index in [1.807, 2.05) is 25.3 Å². The van der Waals surface area contributed by atoms with Crippen LogP contribution in [0.2, 0.25) is 0 Å². The summed E-state index contributed by atoms with van der Waals surface area (Å²) in [7, 11) is 0. The molecule has 0 radical (unpaired) electrons. The molecule has 0 aromatic carbocycles. The number of aromatic nitrogens is 3. The summed E-state index contributed by atoms with van der Waals surface area (Å²) in [5.41, 5.74) is 5.10. The zero-order chi connectivity index (χ0) is 21.8. The van der Waals surface area contributed by atoms with Crippen LogP contribution in [0.15, 0.2) is 45.1 Å². The summed E-state index contributed by atoms with van der Waals surface area (Å²) >= 11 is 4.95. The predicted molar refractivity (Wildman–Crippen MR) is 130 cm³/mol. The lowest BCUT2D eigenvalue weighted by atomic mass is 9.89. The Morgan fingerprint density at radius 1 is 1.26 bits per heavy atom. The molecule has 31 heavy (non-hydrogen) atoms. The first-order valence-electron chi connectivity index (χ1n) is 10.0. The quantitative estimate of drug-likeness (QED) is 0.139. The van der Waals surface area contributed by atoms with Crippen LogP contribution in [0.25, 0.3) is 31.9 Å². The summed E-state index contributed by atoms with van der Waals surface area (Å²) in [6.45, 7) is 10.9. The smallest absolute Gasteiger partial charge is 0.189 e.